The van der Waals surface area contributed by atoms with Gasteiger partial charge in [0.25, 0.3) is 0 Å². The minimum absolute atomic E-state index is 0.121. The fraction of sp³-hybridized carbons (Fsp3) is 0.833. The number of hydrogen-bond donors (Lipinski definition) is 1. The van der Waals surface area contributed by atoms with E-state index in [1.807, 2.05) is 7.05 Å². The third kappa shape index (κ3) is 4.48. The number of rotatable bonds is 5. The van der Waals surface area contributed by atoms with Crippen LogP contribution in [0.2, 0.25) is 0 Å². The Labute approximate surface area is 146 Å². The molecule has 0 aromatic carbocycles. The summed E-state index contributed by atoms with van der Waals surface area (Å²) in [5.41, 5.74) is -0.121. The fourth-order valence-corrected chi connectivity index (χ4v) is 3.44. The average molecular weight is 335 g/mol. The SMILES string of the molecule is CCC(CC)C1CCN(C(=NC)NCc2noc(C(C)(C)C)n2)C1. The Kier molecular flexibility index (Phi) is 6.24. The van der Waals surface area contributed by atoms with E-state index in [0.29, 0.717) is 18.3 Å². The summed E-state index contributed by atoms with van der Waals surface area (Å²) in [6.07, 6.45) is 3.78. The van der Waals surface area contributed by atoms with Gasteiger partial charge >= 0.3 is 0 Å². The fourth-order valence-electron chi connectivity index (χ4n) is 3.44. The molecule has 136 valence electrons. The van der Waals surface area contributed by atoms with Gasteiger partial charge in [-0.3, -0.25) is 4.99 Å². The van der Waals surface area contributed by atoms with Gasteiger partial charge in [-0.25, -0.2) is 0 Å². The van der Waals surface area contributed by atoms with Crippen molar-refractivity contribution in [2.45, 2.75) is 65.8 Å². The van der Waals surface area contributed by atoms with Gasteiger partial charge in [0.05, 0.1) is 6.54 Å². The molecule has 0 bridgehead atoms. The van der Waals surface area contributed by atoms with Gasteiger partial charge in [0.2, 0.25) is 5.89 Å². The first-order valence-electron chi connectivity index (χ1n) is 9.17. The molecule has 1 saturated heterocycles. The van der Waals surface area contributed by atoms with Gasteiger partial charge in [-0.15, -0.1) is 0 Å². The van der Waals surface area contributed by atoms with Gasteiger partial charge in [-0.05, 0) is 18.3 Å². The molecule has 1 aliphatic rings. The second-order valence-corrected chi connectivity index (χ2v) is 7.74. The summed E-state index contributed by atoms with van der Waals surface area (Å²) in [5, 5.41) is 7.44. The van der Waals surface area contributed by atoms with E-state index in [0.717, 1.165) is 30.9 Å². The zero-order valence-electron chi connectivity index (χ0n) is 16.1. The first-order valence-corrected chi connectivity index (χ1v) is 9.17. The van der Waals surface area contributed by atoms with Gasteiger partial charge in [0.15, 0.2) is 11.8 Å². The molecule has 1 unspecified atom stereocenters. The lowest BCUT2D eigenvalue weighted by Gasteiger charge is -2.23. The van der Waals surface area contributed by atoms with Crippen molar-refractivity contribution in [1.29, 1.82) is 0 Å². The summed E-state index contributed by atoms with van der Waals surface area (Å²) in [4.78, 5) is 11.3. The van der Waals surface area contributed by atoms with Gasteiger partial charge in [0, 0.05) is 25.6 Å². The van der Waals surface area contributed by atoms with Crippen molar-refractivity contribution in [2.75, 3.05) is 20.1 Å². The molecule has 1 aromatic heterocycles. The van der Waals surface area contributed by atoms with E-state index in [9.17, 15) is 0 Å². The molecule has 0 aliphatic carbocycles. The lowest BCUT2D eigenvalue weighted by molar-refractivity contribution is 0.316. The Hall–Kier alpha value is -1.59. The lowest BCUT2D eigenvalue weighted by atomic mass is 9.87. The van der Waals surface area contributed by atoms with E-state index in [-0.39, 0.29) is 5.41 Å². The van der Waals surface area contributed by atoms with Crippen molar-refractivity contribution in [3.8, 4) is 0 Å². The zero-order chi connectivity index (χ0) is 17.7. The third-order valence-electron chi connectivity index (χ3n) is 4.97. The molecule has 0 spiro atoms. The maximum Gasteiger partial charge on any atom is 0.232 e. The van der Waals surface area contributed by atoms with Gasteiger partial charge in [0.1, 0.15) is 0 Å². The van der Waals surface area contributed by atoms with E-state index in [4.69, 9.17) is 4.52 Å². The maximum atomic E-state index is 5.34. The maximum absolute atomic E-state index is 5.34. The highest BCUT2D eigenvalue weighted by molar-refractivity contribution is 5.80. The summed E-state index contributed by atoms with van der Waals surface area (Å²) < 4.78 is 5.34. The molecule has 6 nitrogen and oxygen atoms in total. The Morgan fingerprint density at radius 3 is 2.62 bits per heavy atom. The Morgan fingerprint density at radius 1 is 1.38 bits per heavy atom. The summed E-state index contributed by atoms with van der Waals surface area (Å²) in [5.74, 6) is 3.88. The highest BCUT2D eigenvalue weighted by Crippen LogP contribution is 2.28. The molecule has 0 saturated carbocycles. The van der Waals surface area contributed by atoms with Crippen LogP contribution in [0.1, 0.15) is 65.6 Å². The van der Waals surface area contributed by atoms with Crippen LogP contribution in [-0.4, -0.2) is 41.1 Å². The standard InChI is InChI=1S/C18H33N5O/c1-7-13(8-2)14-9-10-23(12-14)17(19-6)20-11-15-21-16(24-22-15)18(3,4)5/h13-14H,7-12H2,1-6H3,(H,19,20). The highest BCUT2D eigenvalue weighted by Gasteiger charge is 2.29. The number of hydrogen-bond acceptors (Lipinski definition) is 4. The molecular formula is C18H33N5O. The molecule has 1 atom stereocenters. The van der Waals surface area contributed by atoms with Gasteiger partial charge in [-0.2, -0.15) is 4.98 Å². The molecule has 1 aromatic rings. The molecule has 1 fully saturated rings. The van der Waals surface area contributed by atoms with Crippen LogP contribution in [-0.2, 0) is 12.0 Å². The minimum atomic E-state index is -0.121. The van der Waals surface area contributed by atoms with E-state index < -0.39 is 0 Å². The number of guanidine groups is 1. The van der Waals surface area contributed by atoms with Crippen molar-refractivity contribution in [3.05, 3.63) is 11.7 Å². The summed E-state index contributed by atoms with van der Waals surface area (Å²) in [7, 11) is 1.84. The Morgan fingerprint density at radius 2 is 2.08 bits per heavy atom. The zero-order valence-corrected chi connectivity index (χ0v) is 16.1. The molecule has 6 heteroatoms. The summed E-state index contributed by atoms with van der Waals surface area (Å²) in [6, 6.07) is 0. The van der Waals surface area contributed by atoms with Crippen LogP contribution in [0.15, 0.2) is 9.52 Å². The monoisotopic (exact) mass is 335 g/mol. The number of aliphatic imine (C=N–C) groups is 1. The first kappa shape index (κ1) is 18.7. The number of nitrogens with zero attached hydrogens (tertiary/aromatic N) is 4. The largest absolute Gasteiger partial charge is 0.349 e. The van der Waals surface area contributed by atoms with Crippen LogP contribution in [0.3, 0.4) is 0 Å². The summed E-state index contributed by atoms with van der Waals surface area (Å²) >= 11 is 0. The second-order valence-electron chi connectivity index (χ2n) is 7.74. The van der Waals surface area contributed by atoms with Crippen molar-refractivity contribution >= 4 is 5.96 Å². The van der Waals surface area contributed by atoms with Crippen LogP contribution in [0, 0.1) is 11.8 Å². The van der Waals surface area contributed by atoms with Crippen molar-refractivity contribution in [3.63, 3.8) is 0 Å². The third-order valence-corrected chi connectivity index (χ3v) is 4.97. The van der Waals surface area contributed by atoms with Crippen molar-refractivity contribution < 1.29 is 4.52 Å². The minimum Gasteiger partial charge on any atom is -0.349 e. The van der Waals surface area contributed by atoms with Gasteiger partial charge in [-0.1, -0.05) is 52.6 Å². The molecule has 24 heavy (non-hydrogen) atoms. The number of nitrogens with one attached hydrogen (secondary N) is 1. The molecule has 2 rings (SSSR count). The Bertz CT molecular complexity index is 542. The molecular weight excluding hydrogens is 302 g/mol. The summed E-state index contributed by atoms with van der Waals surface area (Å²) in [6.45, 7) is 13.5. The quantitative estimate of drug-likeness (QED) is 0.661. The highest BCUT2D eigenvalue weighted by atomic mass is 16.5. The lowest BCUT2D eigenvalue weighted by Crippen LogP contribution is -2.40. The molecule has 0 amide bonds. The van der Waals surface area contributed by atoms with E-state index in [1.54, 1.807) is 0 Å². The number of likely N-dealkylation sites (tertiary alicyclic amines) is 1. The average Bonchev–Trinajstić information content (AvgIpc) is 3.19. The second kappa shape index (κ2) is 7.99. The smallest absolute Gasteiger partial charge is 0.232 e. The number of aromatic nitrogens is 2. The van der Waals surface area contributed by atoms with Gasteiger partial charge < -0.3 is 14.7 Å². The van der Waals surface area contributed by atoms with E-state index in [1.165, 1.54) is 19.3 Å². The molecule has 2 heterocycles. The first-order chi connectivity index (χ1) is 11.4. The van der Waals surface area contributed by atoms with E-state index in [2.05, 4.69) is 60.0 Å². The normalized spacial score (nSPS) is 19.4. The van der Waals surface area contributed by atoms with Crippen molar-refractivity contribution in [1.82, 2.24) is 20.4 Å². The predicted molar refractivity (Wildman–Crippen MR) is 96.9 cm³/mol. The van der Waals surface area contributed by atoms with Crippen molar-refractivity contribution in [2.24, 2.45) is 16.8 Å². The van der Waals surface area contributed by atoms with Crippen LogP contribution in [0.5, 0.6) is 0 Å². The van der Waals surface area contributed by atoms with E-state index >= 15 is 0 Å². The van der Waals surface area contributed by atoms with Crippen LogP contribution < -0.4 is 5.32 Å². The molecule has 0 radical (unpaired) electrons. The molecule has 1 N–H and O–H groups in total. The molecule has 1 aliphatic heterocycles. The van der Waals surface area contributed by atoms with Crippen LogP contribution in [0.25, 0.3) is 0 Å². The van der Waals surface area contributed by atoms with Crippen LogP contribution >= 0.6 is 0 Å². The van der Waals surface area contributed by atoms with Crippen LogP contribution in [0.4, 0.5) is 0 Å². The topological polar surface area (TPSA) is 66.5 Å². The predicted octanol–water partition coefficient (Wildman–Crippen LogP) is 3.20. The Balaban J connectivity index is 1.90.